The van der Waals surface area contributed by atoms with Crippen LogP contribution in [0, 0.1) is 0 Å². The monoisotopic (exact) mass is 368 g/mol. The summed E-state index contributed by atoms with van der Waals surface area (Å²) in [5.41, 5.74) is 0.343. The number of sulfonamides is 1. The van der Waals surface area contributed by atoms with Crippen LogP contribution in [0.1, 0.15) is 29.6 Å². The van der Waals surface area contributed by atoms with Crippen molar-refractivity contribution in [3.8, 4) is 0 Å². The van der Waals surface area contributed by atoms with Gasteiger partial charge in [-0.3, -0.25) is 4.79 Å². The Hall–Kier alpha value is -1.48. The highest BCUT2D eigenvalue weighted by atomic mass is 32.2. The topological polar surface area (TPSA) is 84.9 Å². The Kier molecular flexibility index (Phi) is 5.73. The molecule has 0 spiro atoms. The normalized spacial score (nSPS) is 21.6. The third kappa shape index (κ3) is 4.58. The molecule has 1 aromatic rings. The third-order valence-electron chi connectivity index (χ3n) is 4.53. The van der Waals surface area contributed by atoms with Crippen LogP contribution in [-0.4, -0.2) is 64.8 Å². The number of hydrogen-bond donors (Lipinski definition) is 1. The van der Waals surface area contributed by atoms with E-state index in [1.165, 1.54) is 17.0 Å². The quantitative estimate of drug-likeness (QED) is 0.810. The van der Waals surface area contributed by atoms with Crippen LogP contribution in [0.4, 0.5) is 0 Å². The van der Waals surface area contributed by atoms with Gasteiger partial charge in [0.25, 0.3) is 5.91 Å². The van der Waals surface area contributed by atoms with Gasteiger partial charge in [0.1, 0.15) is 0 Å². The zero-order valence-electron chi connectivity index (χ0n) is 14.3. The Morgan fingerprint density at radius 2 is 2.12 bits per heavy atom. The fourth-order valence-electron chi connectivity index (χ4n) is 2.86. The van der Waals surface area contributed by atoms with Crippen LogP contribution in [0.3, 0.4) is 0 Å². The lowest BCUT2D eigenvalue weighted by molar-refractivity contribution is -0.0933. The van der Waals surface area contributed by atoms with Crippen molar-refractivity contribution >= 4 is 15.9 Å². The summed E-state index contributed by atoms with van der Waals surface area (Å²) < 4.78 is 38.4. The second kappa shape index (κ2) is 7.82. The fraction of sp³-hybridized carbons (Fsp3) is 0.588. The van der Waals surface area contributed by atoms with E-state index in [0.717, 1.165) is 19.3 Å². The molecule has 0 aromatic heterocycles. The Labute approximate surface area is 148 Å². The molecule has 1 aromatic carbocycles. The maximum Gasteiger partial charge on any atom is 0.253 e. The van der Waals surface area contributed by atoms with Crippen LogP contribution in [0.15, 0.2) is 29.2 Å². The molecular formula is C17H24N2O5S. The molecule has 1 saturated heterocycles. The van der Waals surface area contributed by atoms with Crippen molar-refractivity contribution in [2.24, 2.45) is 0 Å². The molecule has 25 heavy (non-hydrogen) atoms. The molecule has 138 valence electrons. The maximum atomic E-state index is 12.6. The lowest BCUT2D eigenvalue weighted by Gasteiger charge is -2.28. The van der Waals surface area contributed by atoms with E-state index in [0.29, 0.717) is 31.9 Å². The van der Waals surface area contributed by atoms with Crippen LogP contribution >= 0.6 is 0 Å². The molecule has 1 aliphatic carbocycles. The van der Waals surface area contributed by atoms with Crippen molar-refractivity contribution in [1.29, 1.82) is 0 Å². The van der Waals surface area contributed by atoms with Crippen molar-refractivity contribution in [3.05, 3.63) is 29.8 Å². The van der Waals surface area contributed by atoms with E-state index < -0.39 is 10.0 Å². The summed E-state index contributed by atoms with van der Waals surface area (Å²) >= 11 is 0. The van der Waals surface area contributed by atoms with Crippen LogP contribution < -0.4 is 4.72 Å². The van der Waals surface area contributed by atoms with E-state index in [1.807, 2.05) is 0 Å². The van der Waals surface area contributed by atoms with E-state index in [2.05, 4.69) is 4.72 Å². The van der Waals surface area contributed by atoms with Gasteiger partial charge in [-0.25, -0.2) is 13.1 Å². The summed E-state index contributed by atoms with van der Waals surface area (Å²) in [4.78, 5) is 14.3. The Balaban J connectivity index is 1.68. The molecule has 1 heterocycles. The number of nitrogens with zero attached hydrogens (tertiary/aromatic N) is 1. The predicted molar refractivity (Wildman–Crippen MR) is 91.9 cm³/mol. The molecule has 2 aliphatic rings. The molecule has 7 nitrogen and oxygen atoms in total. The van der Waals surface area contributed by atoms with Gasteiger partial charge in [0, 0.05) is 25.2 Å². The molecule has 3 rings (SSSR count). The van der Waals surface area contributed by atoms with Gasteiger partial charge in [-0.1, -0.05) is 12.5 Å². The molecule has 1 N–H and O–H groups in total. The highest BCUT2D eigenvalue weighted by Crippen LogP contribution is 2.21. The van der Waals surface area contributed by atoms with Crippen molar-refractivity contribution in [3.63, 3.8) is 0 Å². The van der Waals surface area contributed by atoms with Gasteiger partial charge in [0.2, 0.25) is 10.0 Å². The lowest BCUT2D eigenvalue weighted by atomic mass is 9.94. The summed E-state index contributed by atoms with van der Waals surface area (Å²) in [5, 5.41) is 0. The van der Waals surface area contributed by atoms with Crippen LogP contribution in [-0.2, 0) is 19.5 Å². The average molecular weight is 368 g/mol. The number of carbonyl (C=O) groups excluding carboxylic acids is 1. The third-order valence-corrected chi connectivity index (χ3v) is 6.05. The summed E-state index contributed by atoms with van der Waals surface area (Å²) in [6, 6.07) is 6.17. The molecule has 0 radical (unpaired) electrons. The van der Waals surface area contributed by atoms with Crippen LogP contribution in [0.25, 0.3) is 0 Å². The second-order valence-electron chi connectivity index (χ2n) is 6.53. The van der Waals surface area contributed by atoms with Crippen molar-refractivity contribution < 1.29 is 22.7 Å². The SMILES string of the molecule is CN(C[C@@H]1COCCO1)C(=O)c1cccc(S(=O)(=O)NC2CCC2)c1. The highest BCUT2D eigenvalue weighted by molar-refractivity contribution is 7.89. The van der Waals surface area contributed by atoms with Gasteiger partial charge in [-0.2, -0.15) is 0 Å². The van der Waals surface area contributed by atoms with Gasteiger partial charge in [-0.05, 0) is 31.0 Å². The first-order valence-corrected chi connectivity index (χ1v) is 10.0. The number of amides is 1. The number of ether oxygens (including phenoxy) is 2. The average Bonchev–Trinajstić information content (AvgIpc) is 2.58. The summed E-state index contributed by atoms with van der Waals surface area (Å²) in [6.45, 7) is 1.95. The number of benzene rings is 1. The number of carbonyl (C=O) groups is 1. The predicted octanol–water partition coefficient (Wildman–Crippen LogP) is 1.00. The minimum atomic E-state index is -3.59. The smallest absolute Gasteiger partial charge is 0.253 e. The molecule has 0 unspecified atom stereocenters. The Morgan fingerprint density at radius 3 is 2.76 bits per heavy atom. The summed E-state index contributed by atoms with van der Waals surface area (Å²) in [6.07, 6.45) is 2.62. The minimum absolute atomic E-state index is 0.00971. The Bertz CT molecular complexity index is 712. The van der Waals surface area contributed by atoms with Gasteiger partial charge in [0.15, 0.2) is 0 Å². The van der Waals surface area contributed by atoms with E-state index in [1.54, 1.807) is 19.2 Å². The molecule has 8 heteroatoms. The van der Waals surface area contributed by atoms with Crippen molar-refractivity contribution in [2.75, 3.05) is 33.4 Å². The molecule has 0 bridgehead atoms. The van der Waals surface area contributed by atoms with Gasteiger partial charge >= 0.3 is 0 Å². The Morgan fingerprint density at radius 1 is 1.32 bits per heavy atom. The van der Waals surface area contributed by atoms with E-state index in [9.17, 15) is 13.2 Å². The molecule has 1 atom stereocenters. The van der Waals surface area contributed by atoms with Gasteiger partial charge in [0.05, 0.1) is 30.8 Å². The first kappa shape index (κ1) is 18.3. The van der Waals surface area contributed by atoms with Crippen molar-refractivity contribution in [2.45, 2.75) is 36.3 Å². The first-order valence-electron chi connectivity index (χ1n) is 8.53. The van der Waals surface area contributed by atoms with E-state index in [4.69, 9.17) is 9.47 Å². The highest BCUT2D eigenvalue weighted by Gasteiger charge is 2.26. The minimum Gasteiger partial charge on any atom is -0.376 e. The van der Waals surface area contributed by atoms with Crippen molar-refractivity contribution in [1.82, 2.24) is 9.62 Å². The molecule has 1 aliphatic heterocycles. The molecule has 2 fully saturated rings. The molecule has 1 saturated carbocycles. The standard InChI is InChI=1S/C17H24N2O5S/c1-19(11-15-12-23-8-9-24-15)17(20)13-4-2-7-16(10-13)25(21,22)18-14-5-3-6-14/h2,4,7,10,14-15,18H,3,5-6,8-9,11-12H2,1H3/t15-/m1/s1. The number of nitrogens with one attached hydrogen (secondary N) is 1. The summed E-state index contributed by atoms with van der Waals surface area (Å²) in [5.74, 6) is -0.241. The van der Waals surface area contributed by atoms with Crippen LogP contribution in [0.2, 0.25) is 0 Å². The fourth-order valence-corrected chi connectivity index (χ4v) is 4.21. The first-order chi connectivity index (χ1) is 12.0. The second-order valence-corrected chi connectivity index (χ2v) is 8.24. The number of likely N-dealkylation sites (N-methyl/N-ethyl adjacent to an activating group) is 1. The maximum absolute atomic E-state index is 12.6. The zero-order valence-corrected chi connectivity index (χ0v) is 15.1. The van der Waals surface area contributed by atoms with Gasteiger partial charge in [-0.15, -0.1) is 0 Å². The zero-order chi connectivity index (χ0) is 17.9. The van der Waals surface area contributed by atoms with Gasteiger partial charge < -0.3 is 14.4 Å². The number of rotatable bonds is 6. The van der Waals surface area contributed by atoms with Crippen LogP contribution in [0.5, 0.6) is 0 Å². The molecule has 1 amide bonds. The molecular weight excluding hydrogens is 344 g/mol. The van der Waals surface area contributed by atoms with E-state index >= 15 is 0 Å². The largest absolute Gasteiger partial charge is 0.376 e. The summed E-state index contributed by atoms with van der Waals surface area (Å²) in [7, 11) is -1.92. The lowest BCUT2D eigenvalue weighted by Crippen LogP contribution is -2.41. The number of hydrogen-bond acceptors (Lipinski definition) is 5. The van der Waals surface area contributed by atoms with E-state index in [-0.39, 0.29) is 22.9 Å².